The summed E-state index contributed by atoms with van der Waals surface area (Å²) >= 11 is 5.93. The van der Waals surface area contributed by atoms with E-state index in [1.165, 1.54) is 16.7 Å². The number of carbonyl (C=O) groups is 1. The predicted octanol–water partition coefficient (Wildman–Crippen LogP) is 4.97. The summed E-state index contributed by atoms with van der Waals surface area (Å²) in [6, 6.07) is 18.4. The molecule has 0 saturated heterocycles. The summed E-state index contributed by atoms with van der Waals surface area (Å²) in [4.78, 5) is 29.0. The molecule has 4 rings (SSSR count). The Kier molecular flexibility index (Phi) is 6.75. The molecule has 2 amide bonds. The minimum absolute atomic E-state index is 0.121. The van der Waals surface area contributed by atoms with Gasteiger partial charge in [-0.05, 0) is 55.5 Å². The molecule has 0 unspecified atom stereocenters. The lowest BCUT2D eigenvalue weighted by molar-refractivity contribution is 0.262. The summed E-state index contributed by atoms with van der Waals surface area (Å²) in [5.74, 6) is 1.17. The van der Waals surface area contributed by atoms with Gasteiger partial charge < -0.3 is 20.1 Å². The molecule has 0 aliphatic heterocycles. The van der Waals surface area contributed by atoms with Gasteiger partial charge in [0.1, 0.15) is 23.8 Å². The van der Waals surface area contributed by atoms with Gasteiger partial charge in [-0.3, -0.25) is 9.20 Å². The number of hydrogen-bond donors (Lipinski definition) is 2. The maximum atomic E-state index is 12.3. The first-order chi connectivity index (χ1) is 16.0. The van der Waals surface area contributed by atoms with Crippen LogP contribution in [0.3, 0.4) is 0 Å². The molecule has 0 spiro atoms. The third kappa shape index (κ3) is 5.61. The van der Waals surface area contributed by atoms with Crippen LogP contribution in [0.2, 0.25) is 5.02 Å². The van der Waals surface area contributed by atoms with Crippen molar-refractivity contribution in [2.45, 2.75) is 13.5 Å². The van der Waals surface area contributed by atoms with Crippen LogP contribution in [0.15, 0.2) is 77.7 Å². The molecule has 0 saturated carbocycles. The number of nitrogens with zero attached hydrogens (tertiary/aromatic N) is 2. The van der Waals surface area contributed by atoms with Crippen LogP contribution in [0.25, 0.3) is 5.65 Å². The Labute approximate surface area is 194 Å². The number of fused-ring (bicyclic) bond motifs is 1. The van der Waals surface area contributed by atoms with Crippen molar-refractivity contribution in [2.75, 3.05) is 17.2 Å². The lowest BCUT2D eigenvalue weighted by atomic mass is 10.3. The number of carbonyl (C=O) groups excluding carboxylic acids is 1. The number of para-hydroxylation sites is 2. The number of benzene rings is 2. The van der Waals surface area contributed by atoms with Crippen molar-refractivity contribution in [2.24, 2.45) is 0 Å². The fourth-order valence-corrected chi connectivity index (χ4v) is 3.29. The van der Waals surface area contributed by atoms with E-state index in [2.05, 4.69) is 15.6 Å². The smallest absolute Gasteiger partial charge is 0.323 e. The molecule has 0 fully saturated rings. The average Bonchev–Trinajstić information content (AvgIpc) is 2.80. The van der Waals surface area contributed by atoms with Gasteiger partial charge in [0.05, 0.1) is 23.0 Å². The standard InChI is InChI=1S/C24H21ClN4O4/c1-2-32-21-6-4-3-5-20(21)28-24(31)27-17-8-10-19(11-9-17)33-15-18-13-23(30)29-14-16(25)7-12-22(29)26-18/h3-14H,2,15H2,1H3,(H2,27,28,31). The van der Waals surface area contributed by atoms with Crippen LogP contribution < -0.4 is 25.7 Å². The van der Waals surface area contributed by atoms with Gasteiger partial charge in [0.15, 0.2) is 0 Å². The van der Waals surface area contributed by atoms with Crippen molar-refractivity contribution >= 4 is 34.7 Å². The van der Waals surface area contributed by atoms with E-state index in [0.717, 1.165) is 0 Å². The number of pyridine rings is 1. The highest BCUT2D eigenvalue weighted by atomic mass is 35.5. The highest BCUT2D eigenvalue weighted by Crippen LogP contribution is 2.24. The van der Waals surface area contributed by atoms with Gasteiger partial charge in [-0.25, -0.2) is 9.78 Å². The Balaban J connectivity index is 1.36. The molecule has 0 aliphatic rings. The Morgan fingerprint density at radius 1 is 1.03 bits per heavy atom. The van der Waals surface area contributed by atoms with Crippen LogP contribution in [0.1, 0.15) is 12.6 Å². The highest BCUT2D eigenvalue weighted by Gasteiger charge is 2.08. The van der Waals surface area contributed by atoms with Crippen molar-refractivity contribution < 1.29 is 14.3 Å². The van der Waals surface area contributed by atoms with Gasteiger partial charge in [0, 0.05) is 18.0 Å². The molecule has 2 heterocycles. The predicted molar refractivity (Wildman–Crippen MR) is 127 cm³/mol. The second-order valence-corrected chi connectivity index (χ2v) is 7.42. The molecule has 2 aromatic heterocycles. The van der Waals surface area contributed by atoms with Crippen molar-refractivity contribution in [3.8, 4) is 11.5 Å². The van der Waals surface area contributed by atoms with E-state index in [0.29, 0.717) is 45.8 Å². The van der Waals surface area contributed by atoms with Gasteiger partial charge in [0.25, 0.3) is 5.56 Å². The third-order valence-electron chi connectivity index (χ3n) is 4.61. The first-order valence-corrected chi connectivity index (χ1v) is 10.6. The zero-order valence-corrected chi connectivity index (χ0v) is 18.5. The van der Waals surface area contributed by atoms with Crippen LogP contribution in [0, 0.1) is 0 Å². The van der Waals surface area contributed by atoms with E-state index in [-0.39, 0.29) is 12.2 Å². The van der Waals surface area contributed by atoms with Crippen molar-refractivity contribution in [3.63, 3.8) is 0 Å². The zero-order valence-electron chi connectivity index (χ0n) is 17.7. The number of halogens is 1. The van der Waals surface area contributed by atoms with Crippen molar-refractivity contribution in [1.82, 2.24) is 9.38 Å². The number of anilines is 2. The molecule has 0 atom stereocenters. The fraction of sp³-hybridized carbons (Fsp3) is 0.125. The minimum atomic E-state index is -0.392. The average molecular weight is 465 g/mol. The number of rotatable bonds is 7. The number of urea groups is 1. The number of amides is 2. The normalized spacial score (nSPS) is 10.6. The first kappa shape index (κ1) is 22.2. The second kappa shape index (κ2) is 10.1. The molecule has 8 nitrogen and oxygen atoms in total. The summed E-state index contributed by atoms with van der Waals surface area (Å²) in [6.45, 7) is 2.50. The van der Waals surface area contributed by atoms with E-state index < -0.39 is 6.03 Å². The fourth-order valence-electron chi connectivity index (χ4n) is 3.13. The summed E-state index contributed by atoms with van der Waals surface area (Å²) in [7, 11) is 0. The molecule has 0 radical (unpaired) electrons. The maximum absolute atomic E-state index is 12.3. The van der Waals surface area contributed by atoms with Crippen LogP contribution in [-0.4, -0.2) is 22.0 Å². The van der Waals surface area contributed by atoms with E-state index in [9.17, 15) is 9.59 Å². The molecule has 33 heavy (non-hydrogen) atoms. The maximum Gasteiger partial charge on any atom is 0.323 e. The van der Waals surface area contributed by atoms with Gasteiger partial charge >= 0.3 is 6.03 Å². The monoisotopic (exact) mass is 464 g/mol. The molecular weight excluding hydrogens is 444 g/mol. The summed E-state index contributed by atoms with van der Waals surface area (Å²) in [5.41, 5.74) is 1.92. The number of ether oxygens (including phenoxy) is 2. The van der Waals surface area contributed by atoms with E-state index in [4.69, 9.17) is 21.1 Å². The zero-order chi connectivity index (χ0) is 23.2. The van der Waals surface area contributed by atoms with Gasteiger partial charge in [-0.15, -0.1) is 0 Å². The quantitative estimate of drug-likeness (QED) is 0.402. The number of aromatic nitrogens is 2. The van der Waals surface area contributed by atoms with Crippen LogP contribution in [-0.2, 0) is 6.61 Å². The van der Waals surface area contributed by atoms with Gasteiger partial charge in [-0.1, -0.05) is 23.7 Å². The van der Waals surface area contributed by atoms with Gasteiger partial charge in [0.2, 0.25) is 0 Å². The van der Waals surface area contributed by atoms with Crippen molar-refractivity contribution in [3.05, 3.63) is 94.0 Å². The van der Waals surface area contributed by atoms with E-state index >= 15 is 0 Å². The number of nitrogens with one attached hydrogen (secondary N) is 2. The summed E-state index contributed by atoms with van der Waals surface area (Å²) < 4.78 is 12.6. The number of hydrogen-bond acceptors (Lipinski definition) is 5. The Morgan fingerprint density at radius 2 is 1.82 bits per heavy atom. The van der Waals surface area contributed by atoms with E-state index in [1.54, 1.807) is 48.5 Å². The summed E-state index contributed by atoms with van der Waals surface area (Å²) in [6.07, 6.45) is 1.52. The Hall–Kier alpha value is -4.04. The van der Waals surface area contributed by atoms with Crippen molar-refractivity contribution in [1.29, 1.82) is 0 Å². The van der Waals surface area contributed by atoms with Gasteiger partial charge in [-0.2, -0.15) is 0 Å². The second-order valence-electron chi connectivity index (χ2n) is 6.98. The molecule has 2 aromatic carbocycles. The molecule has 4 aromatic rings. The molecule has 9 heteroatoms. The molecule has 168 valence electrons. The third-order valence-corrected chi connectivity index (χ3v) is 4.83. The molecule has 0 aliphatic carbocycles. The molecular formula is C24H21ClN4O4. The topological polar surface area (TPSA) is 94.0 Å². The lowest BCUT2D eigenvalue weighted by Crippen LogP contribution is -2.19. The highest BCUT2D eigenvalue weighted by molar-refractivity contribution is 6.30. The molecule has 2 N–H and O–H groups in total. The van der Waals surface area contributed by atoms with Crippen LogP contribution in [0.4, 0.5) is 16.2 Å². The molecule has 0 bridgehead atoms. The summed E-state index contributed by atoms with van der Waals surface area (Å²) in [5, 5.41) is 5.99. The first-order valence-electron chi connectivity index (χ1n) is 10.2. The Morgan fingerprint density at radius 3 is 2.61 bits per heavy atom. The van der Waals surface area contributed by atoms with Crippen LogP contribution in [0.5, 0.6) is 11.5 Å². The largest absolute Gasteiger partial charge is 0.492 e. The van der Waals surface area contributed by atoms with Crippen LogP contribution >= 0.6 is 11.6 Å². The van der Waals surface area contributed by atoms with E-state index in [1.807, 2.05) is 19.1 Å². The minimum Gasteiger partial charge on any atom is -0.492 e. The SMILES string of the molecule is CCOc1ccccc1NC(=O)Nc1ccc(OCc2cc(=O)n3cc(Cl)ccc3n2)cc1. The Bertz CT molecular complexity index is 1340. The lowest BCUT2D eigenvalue weighted by Gasteiger charge is -2.12.